The number of piperazine rings is 1. The van der Waals surface area contributed by atoms with Crippen molar-refractivity contribution in [2.75, 3.05) is 48.8 Å². The summed E-state index contributed by atoms with van der Waals surface area (Å²) in [6, 6.07) is 8.60. The number of carbonyl (C=O) groups excluding carboxylic acids is 1. The normalized spacial score (nSPS) is 18.5. The maximum absolute atomic E-state index is 14.5. The Morgan fingerprint density at radius 3 is 2.48 bits per heavy atom. The van der Waals surface area contributed by atoms with E-state index >= 15 is 0 Å². The third-order valence-corrected chi connectivity index (χ3v) is 10.1. The van der Waals surface area contributed by atoms with Gasteiger partial charge in [0.25, 0.3) is 0 Å². The first-order valence-electron chi connectivity index (χ1n) is 14.2. The van der Waals surface area contributed by atoms with Crippen LogP contribution in [0.3, 0.4) is 0 Å². The summed E-state index contributed by atoms with van der Waals surface area (Å²) in [6.07, 6.45) is 11.2. The molecule has 2 saturated heterocycles. The summed E-state index contributed by atoms with van der Waals surface area (Å²) in [7, 11) is -3.06. The number of hydrogen-bond donors (Lipinski definition) is 0. The maximum Gasteiger partial charge on any atom is 0.242 e. The van der Waals surface area contributed by atoms with Gasteiger partial charge in [0.1, 0.15) is 22.2 Å². The molecule has 1 aromatic carbocycles. The van der Waals surface area contributed by atoms with Gasteiger partial charge < -0.3 is 19.3 Å². The van der Waals surface area contributed by atoms with E-state index in [1.807, 2.05) is 39.6 Å². The van der Waals surface area contributed by atoms with E-state index in [1.54, 1.807) is 30.9 Å². The molecule has 1 atom stereocenters. The molecule has 4 aromatic rings. The van der Waals surface area contributed by atoms with Gasteiger partial charge in [0.2, 0.25) is 11.9 Å². The van der Waals surface area contributed by atoms with Crippen molar-refractivity contribution in [2.45, 2.75) is 37.6 Å². The highest BCUT2D eigenvalue weighted by molar-refractivity contribution is 7.91. The number of benzene rings is 1. The van der Waals surface area contributed by atoms with Crippen LogP contribution in [0.5, 0.6) is 0 Å². The van der Waals surface area contributed by atoms with Gasteiger partial charge in [0.15, 0.2) is 0 Å². The number of halogens is 1. The minimum atomic E-state index is -3.06. The molecule has 0 saturated carbocycles. The number of nitrogens with zero attached hydrogens (tertiary/aromatic N) is 7. The Bertz CT molecular complexity index is 1700. The number of fused-ring (bicyclic) bond motifs is 1. The fourth-order valence-electron chi connectivity index (χ4n) is 6.07. The second-order valence-electron chi connectivity index (χ2n) is 11.2. The molecule has 2 aliphatic rings. The van der Waals surface area contributed by atoms with Crippen LogP contribution < -0.4 is 9.80 Å². The lowest BCUT2D eigenvalue weighted by Crippen LogP contribution is -2.54. The molecule has 0 spiro atoms. The lowest BCUT2D eigenvalue weighted by Gasteiger charge is -2.41. The zero-order chi connectivity index (χ0) is 29.4. The Balaban J connectivity index is 1.15. The molecule has 0 bridgehead atoms. The fraction of sp³-hybridized carbons (Fsp3) is 0.400. The molecule has 0 radical (unpaired) electrons. The molecular formula is C30H34FN7O3S. The van der Waals surface area contributed by atoms with E-state index < -0.39 is 9.84 Å². The van der Waals surface area contributed by atoms with Crippen molar-refractivity contribution in [2.24, 2.45) is 0 Å². The zero-order valence-electron chi connectivity index (χ0n) is 23.7. The van der Waals surface area contributed by atoms with Gasteiger partial charge in [-0.15, -0.1) is 0 Å². The fourth-order valence-corrected chi connectivity index (χ4v) is 7.14. The number of pyridine rings is 1. The quantitative estimate of drug-likeness (QED) is 0.336. The average molecular weight is 592 g/mol. The first-order valence-corrected chi connectivity index (χ1v) is 16.1. The lowest BCUT2D eigenvalue weighted by molar-refractivity contribution is -0.134. The van der Waals surface area contributed by atoms with Gasteiger partial charge in [0, 0.05) is 92.0 Å². The number of rotatable bonds is 6. The standard InChI is InChI=1S/C30H34FN7O3S/c1-21-19-37(13-14-38(21)29(39)20-36-10-6-22-5-9-32-18-28(22)36)27-4-3-24(31)15-26(27)23-16-33-30(34-17-23)35-11-7-25(8-12-35)42(2,40)41/h3-6,9-10,15-18,21,25H,7-8,11-14,19-20H2,1-2H3. The van der Waals surface area contributed by atoms with E-state index in [0.29, 0.717) is 62.6 Å². The summed E-state index contributed by atoms with van der Waals surface area (Å²) in [6.45, 7) is 5.18. The van der Waals surface area contributed by atoms with Crippen LogP contribution >= 0.6 is 0 Å². The highest BCUT2D eigenvalue weighted by Crippen LogP contribution is 2.33. The van der Waals surface area contributed by atoms with Crippen molar-refractivity contribution in [1.82, 2.24) is 24.4 Å². The van der Waals surface area contributed by atoms with Crippen LogP contribution in [0.2, 0.25) is 0 Å². The summed E-state index contributed by atoms with van der Waals surface area (Å²) >= 11 is 0. The summed E-state index contributed by atoms with van der Waals surface area (Å²) < 4.78 is 40.2. The summed E-state index contributed by atoms with van der Waals surface area (Å²) in [5.74, 6) is 0.235. The van der Waals surface area contributed by atoms with Gasteiger partial charge in [-0.25, -0.2) is 22.8 Å². The van der Waals surface area contributed by atoms with Crippen LogP contribution in [0, 0.1) is 5.82 Å². The van der Waals surface area contributed by atoms with Crippen LogP contribution in [0.25, 0.3) is 22.0 Å². The number of hydrogen-bond acceptors (Lipinski definition) is 8. The van der Waals surface area contributed by atoms with E-state index in [0.717, 1.165) is 16.6 Å². The molecule has 2 fully saturated rings. The molecule has 0 N–H and O–H groups in total. The smallest absolute Gasteiger partial charge is 0.242 e. The Hall–Kier alpha value is -4.06. The SMILES string of the molecule is CC1CN(c2ccc(F)cc2-c2cnc(N3CCC(S(C)(=O)=O)CC3)nc2)CCN1C(=O)Cn1ccc2ccncc21. The first kappa shape index (κ1) is 28.1. The largest absolute Gasteiger partial charge is 0.367 e. The first-order chi connectivity index (χ1) is 20.2. The summed E-state index contributed by atoms with van der Waals surface area (Å²) in [5, 5.41) is 0.722. The van der Waals surface area contributed by atoms with Crippen molar-refractivity contribution < 1.29 is 17.6 Å². The van der Waals surface area contributed by atoms with Gasteiger partial charge in [-0.1, -0.05) is 0 Å². The summed E-state index contributed by atoms with van der Waals surface area (Å²) in [4.78, 5) is 32.7. The van der Waals surface area contributed by atoms with Crippen molar-refractivity contribution in [3.05, 3.63) is 67.1 Å². The molecule has 10 nitrogen and oxygen atoms in total. The second kappa shape index (κ2) is 11.3. The van der Waals surface area contributed by atoms with Gasteiger partial charge in [-0.2, -0.15) is 0 Å². The third-order valence-electron chi connectivity index (χ3n) is 8.41. The number of amides is 1. The van der Waals surface area contributed by atoms with Gasteiger partial charge in [0.05, 0.1) is 17.0 Å². The molecule has 42 heavy (non-hydrogen) atoms. The van der Waals surface area contributed by atoms with E-state index in [-0.39, 0.29) is 29.6 Å². The molecular weight excluding hydrogens is 557 g/mol. The van der Waals surface area contributed by atoms with Gasteiger partial charge in [-0.05, 0) is 50.1 Å². The minimum Gasteiger partial charge on any atom is -0.367 e. The van der Waals surface area contributed by atoms with Crippen molar-refractivity contribution in [3.8, 4) is 11.1 Å². The molecule has 220 valence electrons. The van der Waals surface area contributed by atoms with Crippen molar-refractivity contribution in [3.63, 3.8) is 0 Å². The molecule has 2 aliphatic heterocycles. The second-order valence-corrected chi connectivity index (χ2v) is 13.5. The number of piperidine rings is 1. The molecule has 1 amide bonds. The Morgan fingerprint density at radius 2 is 1.76 bits per heavy atom. The lowest BCUT2D eigenvalue weighted by atomic mass is 10.0. The maximum atomic E-state index is 14.5. The zero-order valence-corrected chi connectivity index (χ0v) is 24.5. The van der Waals surface area contributed by atoms with E-state index in [1.165, 1.54) is 18.4 Å². The number of carbonyl (C=O) groups is 1. The van der Waals surface area contributed by atoms with Crippen LogP contribution in [-0.4, -0.2) is 89.0 Å². The highest BCUT2D eigenvalue weighted by Gasteiger charge is 2.30. The molecule has 3 aromatic heterocycles. The van der Waals surface area contributed by atoms with Crippen molar-refractivity contribution >= 4 is 38.3 Å². The molecule has 5 heterocycles. The minimum absolute atomic E-state index is 0.0439. The number of aromatic nitrogens is 4. The predicted molar refractivity (Wildman–Crippen MR) is 161 cm³/mol. The van der Waals surface area contributed by atoms with Crippen molar-refractivity contribution in [1.29, 1.82) is 0 Å². The Labute approximate surface area is 244 Å². The number of sulfone groups is 1. The molecule has 0 aliphatic carbocycles. The molecule has 1 unspecified atom stereocenters. The molecule has 12 heteroatoms. The molecule has 6 rings (SSSR count). The average Bonchev–Trinajstić information content (AvgIpc) is 3.39. The Kier molecular flexibility index (Phi) is 7.56. The summed E-state index contributed by atoms with van der Waals surface area (Å²) in [5.41, 5.74) is 3.18. The van der Waals surface area contributed by atoms with Crippen LogP contribution in [-0.2, 0) is 21.2 Å². The predicted octanol–water partition coefficient (Wildman–Crippen LogP) is 3.38. The van der Waals surface area contributed by atoms with Crippen LogP contribution in [0.15, 0.2) is 61.3 Å². The van der Waals surface area contributed by atoms with Crippen LogP contribution in [0.4, 0.5) is 16.0 Å². The van der Waals surface area contributed by atoms with Crippen LogP contribution in [0.1, 0.15) is 19.8 Å². The monoisotopic (exact) mass is 591 g/mol. The van der Waals surface area contributed by atoms with E-state index in [2.05, 4.69) is 19.9 Å². The van der Waals surface area contributed by atoms with E-state index in [4.69, 9.17) is 0 Å². The number of anilines is 2. The Morgan fingerprint density at radius 1 is 1.00 bits per heavy atom. The van der Waals surface area contributed by atoms with E-state index in [9.17, 15) is 17.6 Å². The van der Waals surface area contributed by atoms with Gasteiger partial charge >= 0.3 is 0 Å². The third kappa shape index (κ3) is 5.67. The topological polar surface area (TPSA) is 105 Å². The van der Waals surface area contributed by atoms with Gasteiger partial charge in [-0.3, -0.25) is 9.78 Å². The highest BCUT2D eigenvalue weighted by atomic mass is 32.2.